The molecule has 0 aliphatic carbocycles. The van der Waals surface area contributed by atoms with Crippen molar-refractivity contribution in [2.45, 2.75) is 51.9 Å². The molecule has 0 spiro atoms. The van der Waals surface area contributed by atoms with Crippen molar-refractivity contribution in [2.24, 2.45) is 7.05 Å². The monoisotopic (exact) mass is 590 g/mol. The number of rotatable bonds is 8. The third-order valence-corrected chi connectivity index (χ3v) is 7.71. The maximum Gasteiger partial charge on any atom is 0.410 e. The van der Waals surface area contributed by atoms with Crippen LogP contribution in [0, 0.1) is 0 Å². The Morgan fingerprint density at radius 2 is 1.55 bits per heavy atom. The predicted molar refractivity (Wildman–Crippen MR) is 171 cm³/mol. The van der Waals surface area contributed by atoms with Crippen molar-refractivity contribution in [3.05, 3.63) is 108 Å². The molecular formula is C36H38N4O4. The second kappa shape index (κ2) is 12.4. The third-order valence-electron chi connectivity index (χ3n) is 7.71. The lowest BCUT2D eigenvalue weighted by Crippen LogP contribution is -2.35. The lowest BCUT2D eigenvalue weighted by Gasteiger charge is -2.24. The summed E-state index contributed by atoms with van der Waals surface area (Å²) in [4.78, 5) is 19.4. The van der Waals surface area contributed by atoms with Crippen molar-refractivity contribution < 1.29 is 19.0 Å². The summed E-state index contributed by atoms with van der Waals surface area (Å²) in [6, 6.07) is 30.2. The number of amides is 1. The van der Waals surface area contributed by atoms with Gasteiger partial charge < -0.3 is 19.1 Å². The Bertz CT molecular complexity index is 1750. The zero-order chi connectivity index (χ0) is 30.7. The largest absolute Gasteiger partial charge is 0.473 e. The molecule has 5 aromatic rings. The number of aromatic nitrogens is 3. The van der Waals surface area contributed by atoms with Gasteiger partial charge in [0.2, 0.25) is 11.8 Å². The third kappa shape index (κ3) is 6.54. The van der Waals surface area contributed by atoms with E-state index in [9.17, 15) is 4.79 Å². The summed E-state index contributed by atoms with van der Waals surface area (Å²) in [5.41, 5.74) is 5.36. The molecule has 44 heavy (non-hydrogen) atoms. The molecule has 1 amide bonds. The van der Waals surface area contributed by atoms with Crippen LogP contribution in [0.2, 0.25) is 0 Å². The van der Waals surface area contributed by atoms with E-state index in [0.29, 0.717) is 38.1 Å². The number of nitrogens with zero attached hydrogens (tertiary/aromatic N) is 4. The maximum absolute atomic E-state index is 12.8. The van der Waals surface area contributed by atoms with E-state index in [1.54, 1.807) is 4.90 Å². The standard InChI is InChI=1S/C36H38N4O4/c1-36(2,3)44-35(41)40-21-20-27(22-40)28-16-11-17-29-32(38-39(4)33(28)29)30-18-19-31(42-23-25-12-7-5-8-13-25)37-34(30)43-24-26-14-9-6-10-15-26/h5-19,27H,20-24H2,1-4H3. The van der Waals surface area contributed by atoms with Gasteiger partial charge in [0.05, 0.1) is 11.1 Å². The number of hydrogen-bond donors (Lipinski definition) is 0. The molecule has 1 aliphatic rings. The van der Waals surface area contributed by atoms with Crippen molar-refractivity contribution in [1.82, 2.24) is 19.7 Å². The lowest BCUT2D eigenvalue weighted by molar-refractivity contribution is 0.0292. The van der Waals surface area contributed by atoms with Crippen molar-refractivity contribution in [3.63, 3.8) is 0 Å². The van der Waals surface area contributed by atoms with E-state index in [4.69, 9.17) is 24.3 Å². The molecule has 6 rings (SSSR count). The van der Waals surface area contributed by atoms with Crippen LogP contribution in [-0.2, 0) is 25.0 Å². The number of hydrogen-bond acceptors (Lipinski definition) is 6. The summed E-state index contributed by atoms with van der Waals surface area (Å²) in [6.07, 6.45) is 0.595. The minimum atomic E-state index is -0.525. The fraction of sp³-hybridized carbons (Fsp3) is 0.306. The number of likely N-dealkylation sites (tertiary alicyclic amines) is 1. The van der Waals surface area contributed by atoms with E-state index in [-0.39, 0.29) is 12.0 Å². The first-order valence-corrected chi connectivity index (χ1v) is 15.0. The summed E-state index contributed by atoms with van der Waals surface area (Å²) < 4.78 is 20.0. The first-order valence-electron chi connectivity index (χ1n) is 15.0. The van der Waals surface area contributed by atoms with Gasteiger partial charge in [-0.15, -0.1) is 0 Å². The molecule has 0 saturated carbocycles. The van der Waals surface area contributed by atoms with E-state index in [2.05, 4.69) is 18.2 Å². The number of para-hydroxylation sites is 1. The molecule has 226 valence electrons. The van der Waals surface area contributed by atoms with Crippen molar-refractivity contribution in [1.29, 1.82) is 0 Å². The van der Waals surface area contributed by atoms with Gasteiger partial charge in [-0.2, -0.15) is 10.1 Å². The van der Waals surface area contributed by atoms with E-state index in [1.165, 1.54) is 0 Å². The Balaban J connectivity index is 1.32. The topological polar surface area (TPSA) is 78.7 Å². The highest BCUT2D eigenvalue weighted by Crippen LogP contribution is 2.39. The van der Waals surface area contributed by atoms with Gasteiger partial charge in [0.15, 0.2) is 0 Å². The molecule has 1 saturated heterocycles. The van der Waals surface area contributed by atoms with Gasteiger partial charge in [-0.3, -0.25) is 4.68 Å². The van der Waals surface area contributed by atoms with E-state index in [1.807, 2.05) is 105 Å². The molecule has 1 atom stereocenters. The van der Waals surface area contributed by atoms with Gasteiger partial charge in [-0.25, -0.2) is 4.79 Å². The molecule has 0 bridgehead atoms. The Morgan fingerprint density at radius 1 is 0.864 bits per heavy atom. The summed E-state index contributed by atoms with van der Waals surface area (Å²) in [5, 5.41) is 5.99. The van der Waals surface area contributed by atoms with Gasteiger partial charge in [-0.1, -0.05) is 78.9 Å². The average molecular weight is 591 g/mol. The van der Waals surface area contributed by atoms with Gasteiger partial charge in [-0.05, 0) is 49.9 Å². The summed E-state index contributed by atoms with van der Waals surface area (Å²) in [5.74, 6) is 1.12. The van der Waals surface area contributed by atoms with Crippen LogP contribution in [0.15, 0.2) is 91.0 Å². The minimum Gasteiger partial charge on any atom is -0.473 e. The average Bonchev–Trinajstić information content (AvgIpc) is 3.65. The van der Waals surface area contributed by atoms with E-state index >= 15 is 0 Å². The quantitative estimate of drug-likeness (QED) is 0.186. The molecular weight excluding hydrogens is 552 g/mol. The first kappa shape index (κ1) is 29.2. The second-order valence-corrected chi connectivity index (χ2v) is 12.2. The molecule has 0 N–H and O–H groups in total. The number of aryl methyl sites for hydroxylation is 1. The van der Waals surface area contributed by atoms with Crippen molar-refractivity contribution in [3.8, 4) is 23.0 Å². The van der Waals surface area contributed by atoms with Gasteiger partial charge in [0, 0.05) is 37.5 Å². The van der Waals surface area contributed by atoms with Crippen LogP contribution in [0.25, 0.3) is 22.2 Å². The molecule has 3 heterocycles. The molecule has 8 nitrogen and oxygen atoms in total. The highest BCUT2D eigenvalue weighted by molar-refractivity contribution is 5.96. The number of carbonyl (C=O) groups is 1. The minimum absolute atomic E-state index is 0.176. The van der Waals surface area contributed by atoms with Crippen LogP contribution in [0.1, 0.15) is 49.8 Å². The van der Waals surface area contributed by atoms with Crippen LogP contribution < -0.4 is 9.47 Å². The first-order chi connectivity index (χ1) is 21.2. The predicted octanol–water partition coefficient (Wildman–Crippen LogP) is 7.52. The van der Waals surface area contributed by atoms with Crippen LogP contribution in [0.4, 0.5) is 4.79 Å². The second-order valence-electron chi connectivity index (χ2n) is 12.2. The summed E-state index contributed by atoms with van der Waals surface area (Å²) in [6.45, 7) is 7.72. The Morgan fingerprint density at radius 3 is 2.23 bits per heavy atom. The lowest BCUT2D eigenvalue weighted by atomic mass is 9.95. The normalized spacial score (nSPS) is 15.0. The number of ether oxygens (including phenoxy) is 3. The highest BCUT2D eigenvalue weighted by Gasteiger charge is 2.32. The molecule has 1 aliphatic heterocycles. The molecule has 8 heteroatoms. The highest BCUT2D eigenvalue weighted by atomic mass is 16.6. The molecule has 1 fully saturated rings. The number of carbonyl (C=O) groups excluding carboxylic acids is 1. The van der Waals surface area contributed by atoms with Crippen LogP contribution in [0.5, 0.6) is 11.8 Å². The number of benzene rings is 3. The zero-order valence-electron chi connectivity index (χ0n) is 25.7. The van der Waals surface area contributed by atoms with E-state index < -0.39 is 5.60 Å². The smallest absolute Gasteiger partial charge is 0.410 e. The summed E-state index contributed by atoms with van der Waals surface area (Å²) in [7, 11) is 1.96. The fourth-order valence-corrected chi connectivity index (χ4v) is 5.65. The summed E-state index contributed by atoms with van der Waals surface area (Å²) >= 11 is 0. The molecule has 3 aromatic carbocycles. The Hall–Kier alpha value is -4.85. The van der Waals surface area contributed by atoms with Gasteiger partial charge >= 0.3 is 6.09 Å². The zero-order valence-corrected chi connectivity index (χ0v) is 25.7. The van der Waals surface area contributed by atoms with Gasteiger partial charge in [0.25, 0.3) is 0 Å². The van der Waals surface area contributed by atoms with Crippen LogP contribution in [-0.4, -0.2) is 44.4 Å². The van der Waals surface area contributed by atoms with Crippen molar-refractivity contribution >= 4 is 17.0 Å². The molecule has 0 radical (unpaired) electrons. The Kier molecular flexibility index (Phi) is 8.24. The Labute approximate surface area is 258 Å². The molecule has 1 unspecified atom stereocenters. The molecule has 2 aromatic heterocycles. The fourth-order valence-electron chi connectivity index (χ4n) is 5.65. The number of fused-ring (bicyclic) bond motifs is 1. The number of pyridine rings is 1. The van der Waals surface area contributed by atoms with Crippen LogP contribution >= 0.6 is 0 Å². The van der Waals surface area contributed by atoms with Crippen molar-refractivity contribution in [2.75, 3.05) is 13.1 Å². The van der Waals surface area contributed by atoms with Gasteiger partial charge in [0.1, 0.15) is 24.5 Å². The maximum atomic E-state index is 12.8. The SMILES string of the molecule is Cn1nc(-c2ccc(OCc3ccccc3)nc2OCc2ccccc2)c2cccc(C3CCN(C(=O)OC(C)(C)C)C3)c21. The van der Waals surface area contributed by atoms with Crippen LogP contribution in [0.3, 0.4) is 0 Å². The van der Waals surface area contributed by atoms with E-state index in [0.717, 1.165) is 45.3 Å².